The van der Waals surface area contributed by atoms with Gasteiger partial charge in [0.2, 0.25) is 11.8 Å². The summed E-state index contributed by atoms with van der Waals surface area (Å²) in [6, 6.07) is -1.46. The smallest absolute Gasteiger partial charge is 0.312 e. The zero-order valence-electron chi connectivity index (χ0n) is 21.2. The number of esters is 1. The largest absolute Gasteiger partial charge is 0.465 e. The Hall–Kier alpha value is -2.19. The maximum Gasteiger partial charge on any atom is 0.312 e. The Morgan fingerprint density at radius 2 is 1.97 bits per heavy atom. The van der Waals surface area contributed by atoms with E-state index in [4.69, 9.17) is 9.47 Å². The number of rotatable bonds is 8. The van der Waals surface area contributed by atoms with Crippen LogP contribution >= 0.6 is 0 Å². The van der Waals surface area contributed by atoms with Crippen LogP contribution in [-0.2, 0) is 23.9 Å². The number of aliphatic hydroxyl groups is 1. The monoisotopic (exact) mass is 488 g/mol. The van der Waals surface area contributed by atoms with Crippen LogP contribution in [0.4, 0.5) is 0 Å². The Bertz CT molecular complexity index is 870. The molecule has 2 amide bonds. The van der Waals surface area contributed by atoms with Crippen molar-refractivity contribution in [1.29, 1.82) is 0 Å². The first-order valence-corrected chi connectivity index (χ1v) is 13.3. The Balaban J connectivity index is 1.79. The van der Waals surface area contributed by atoms with Crippen molar-refractivity contribution in [2.75, 3.05) is 26.3 Å². The second-order valence-electron chi connectivity index (χ2n) is 10.7. The van der Waals surface area contributed by atoms with Gasteiger partial charge in [-0.25, -0.2) is 0 Å². The van der Waals surface area contributed by atoms with E-state index in [-0.39, 0.29) is 24.3 Å². The molecule has 0 saturated carbocycles. The molecule has 1 N–H and O–H groups in total. The molecule has 194 valence electrons. The van der Waals surface area contributed by atoms with Gasteiger partial charge in [0.25, 0.3) is 0 Å². The number of unbranched alkanes of at least 4 members (excludes halogenated alkanes) is 2. The normalized spacial score (nSPS) is 34.5. The lowest BCUT2D eigenvalue weighted by Gasteiger charge is -2.39. The van der Waals surface area contributed by atoms with Gasteiger partial charge in [0, 0.05) is 13.1 Å². The highest BCUT2D eigenvalue weighted by Crippen LogP contribution is 2.53. The molecule has 4 aliphatic rings. The molecule has 8 nitrogen and oxygen atoms in total. The van der Waals surface area contributed by atoms with E-state index in [1.165, 1.54) is 0 Å². The number of ether oxygens (including phenoxy) is 2. The molecule has 0 aromatic heterocycles. The van der Waals surface area contributed by atoms with Crippen molar-refractivity contribution in [1.82, 2.24) is 9.80 Å². The maximum absolute atomic E-state index is 14.1. The molecule has 0 aromatic carbocycles. The van der Waals surface area contributed by atoms with E-state index < -0.39 is 41.6 Å². The molecule has 2 fully saturated rings. The van der Waals surface area contributed by atoms with Crippen LogP contribution in [0.25, 0.3) is 0 Å². The number of nitrogens with zero attached hydrogens (tertiary/aromatic N) is 2. The second kappa shape index (κ2) is 10.8. The molecule has 35 heavy (non-hydrogen) atoms. The number of amides is 2. The first-order valence-electron chi connectivity index (χ1n) is 13.3. The fourth-order valence-electron chi connectivity index (χ4n) is 6.21. The minimum atomic E-state index is -1.27. The van der Waals surface area contributed by atoms with E-state index in [1.54, 1.807) is 9.80 Å². The van der Waals surface area contributed by atoms with E-state index in [0.29, 0.717) is 32.5 Å². The van der Waals surface area contributed by atoms with Gasteiger partial charge >= 0.3 is 5.97 Å². The summed E-state index contributed by atoms with van der Waals surface area (Å²) in [5.41, 5.74) is -1.27. The zero-order chi connectivity index (χ0) is 25.2. The molecule has 4 heterocycles. The molecule has 4 aliphatic heterocycles. The predicted octanol–water partition coefficient (Wildman–Crippen LogP) is 2.46. The van der Waals surface area contributed by atoms with E-state index in [0.717, 1.165) is 25.7 Å². The number of fused-ring (bicyclic) bond motifs is 2. The Morgan fingerprint density at radius 3 is 2.69 bits per heavy atom. The minimum absolute atomic E-state index is 0.173. The number of cyclic esters (lactones) is 1. The van der Waals surface area contributed by atoms with E-state index in [2.05, 4.69) is 6.92 Å². The van der Waals surface area contributed by atoms with Gasteiger partial charge in [0.1, 0.15) is 17.6 Å². The number of carbonyl (C=O) groups excluding carboxylic acids is 3. The van der Waals surface area contributed by atoms with E-state index in [1.807, 2.05) is 38.2 Å². The van der Waals surface area contributed by atoms with Crippen molar-refractivity contribution in [3.8, 4) is 0 Å². The highest BCUT2D eigenvalue weighted by Gasteiger charge is 2.72. The topological polar surface area (TPSA) is 96.4 Å². The molecular formula is C27H40N2O6. The second-order valence-corrected chi connectivity index (χ2v) is 10.7. The Morgan fingerprint density at radius 1 is 1.17 bits per heavy atom. The lowest BCUT2D eigenvalue weighted by molar-refractivity contribution is -0.156. The van der Waals surface area contributed by atoms with Crippen LogP contribution in [0.3, 0.4) is 0 Å². The van der Waals surface area contributed by atoms with Crippen molar-refractivity contribution in [2.45, 2.75) is 83.1 Å². The van der Waals surface area contributed by atoms with Crippen molar-refractivity contribution >= 4 is 17.8 Å². The average Bonchev–Trinajstić information content (AvgIpc) is 3.24. The zero-order valence-corrected chi connectivity index (χ0v) is 21.2. The van der Waals surface area contributed by atoms with Crippen LogP contribution in [0, 0.1) is 17.8 Å². The van der Waals surface area contributed by atoms with Crippen molar-refractivity contribution in [3.63, 3.8) is 0 Å². The molecule has 0 aromatic rings. The summed E-state index contributed by atoms with van der Waals surface area (Å²) < 4.78 is 12.1. The summed E-state index contributed by atoms with van der Waals surface area (Å²) >= 11 is 0. The van der Waals surface area contributed by atoms with Crippen LogP contribution < -0.4 is 0 Å². The third-order valence-electron chi connectivity index (χ3n) is 7.75. The van der Waals surface area contributed by atoms with Gasteiger partial charge in [-0.2, -0.15) is 0 Å². The summed E-state index contributed by atoms with van der Waals surface area (Å²) in [5.74, 6) is -2.42. The van der Waals surface area contributed by atoms with Crippen LogP contribution in [0.1, 0.15) is 59.3 Å². The molecule has 8 heteroatoms. The number of likely N-dealkylation sites (tertiary alicyclic amines) is 1. The Kier molecular flexibility index (Phi) is 8.01. The standard InChI is InChI=1S/C27H40N2O6/c1-4-5-8-13-28-14-10-12-27-22(21-20(35-27)11-7-6-9-15-34-26(21)33)24(31)29(23(27)25(28)32)19(17-30)16-18(2)3/h7,10-12,18-23,30H,4-6,8-9,13-17H2,1-3H3/b11-7-/t19-,20+,21-,22+,23?,27+/m1/s1. The van der Waals surface area contributed by atoms with E-state index in [9.17, 15) is 19.5 Å². The molecule has 2 saturated heterocycles. The van der Waals surface area contributed by atoms with Gasteiger partial charge < -0.3 is 24.4 Å². The molecule has 1 unspecified atom stereocenters. The highest BCUT2D eigenvalue weighted by atomic mass is 16.6. The third-order valence-corrected chi connectivity index (χ3v) is 7.75. The molecule has 0 radical (unpaired) electrons. The van der Waals surface area contributed by atoms with Crippen LogP contribution in [0.15, 0.2) is 24.3 Å². The lowest BCUT2D eigenvalue weighted by atomic mass is 9.78. The summed E-state index contributed by atoms with van der Waals surface area (Å²) in [5, 5.41) is 10.3. The fourth-order valence-corrected chi connectivity index (χ4v) is 6.21. The average molecular weight is 489 g/mol. The fraction of sp³-hybridized carbons (Fsp3) is 0.741. The Labute approximate surface area is 208 Å². The van der Waals surface area contributed by atoms with Crippen molar-refractivity contribution in [3.05, 3.63) is 24.3 Å². The third kappa shape index (κ3) is 4.67. The molecule has 1 spiro atoms. The van der Waals surface area contributed by atoms with Crippen LogP contribution in [-0.4, -0.2) is 82.8 Å². The number of carbonyl (C=O) groups is 3. The quantitative estimate of drug-likeness (QED) is 0.320. The van der Waals surface area contributed by atoms with Gasteiger partial charge in [-0.3, -0.25) is 14.4 Å². The highest BCUT2D eigenvalue weighted by molar-refractivity contribution is 5.99. The summed E-state index contributed by atoms with van der Waals surface area (Å²) in [7, 11) is 0. The number of hydrogen-bond donors (Lipinski definition) is 1. The molecule has 0 aliphatic carbocycles. The number of hydrogen-bond acceptors (Lipinski definition) is 6. The van der Waals surface area contributed by atoms with Crippen LogP contribution in [0.2, 0.25) is 0 Å². The van der Waals surface area contributed by atoms with Gasteiger partial charge in [-0.05, 0) is 31.6 Å². The first kappa shape index (κ1) is 25.9. The summed E-state index contributed by atoms with van der Waals surface area (Å²) in [6.45, 7) is 7.24. The maximum atomic E-state index is 14.1. The molecule has 4 rings (SSSR count). The summed E-state index contributed by atoms with van der Waals surface area (Å²) in [4.78, 5) is 44.8. The van der Waals surface area contributed by atoms with Gasteiger partial charge in [-0.1, -0.05) is 57.9 Å². The summed E-state index contributed by atoms with van der Waals surface area (Å²) in [6.07, 6.45) is 11.9. The number of allylic oxidation sites excluding steroid dienone is 1. The van der Waals surface area contributed by atoms with Crippen LogP contribution in [0.5, 0.6) is 0 Å². The number of aliphatic hydroxyl groups excluding tert-OH is 1. The van der Waals surface area contributed by atoms with Crippen molar-refractivity contribution < 1.29 is 29.0 Å². The lowest BCUT2D eigenvalue weighted by Crippen LogP contribution is -2.58. The molecule has 6 atom stereocenters. The molecule has 0 bridgehead atoms. The van der Waals surface area contributed by atoms with E-state index >= 15 is 0 Å². The van der Waals surface area contributed by atoms with Gasteiger partial charge in [0.15, 0.2) is 0 Å². The molecular weight excluding hydrogens is 448 g/mol. The van der Waals surface area contributed by atoms with Gasteiger partial charge in [-0.15, -0.1) is 0 Å². The minimum Gasteiger partial charge on any atom is -0.465 e. The predicted molar refractivity (Wildman–Crippen MR) is 130 cm³/mol. The SMILES string of the molecule is CCCCCN1CC=C[C@]23O[C@H]4/C=C\CCCOC(=O)[C@H]4[C@H]2C(=O)N([C@@H](CO)CC(C)C)C3C1=O. The van der Waals surface area contributed by atoms with Crippen molar-refractivity contribution in [2.24, 2.45) is 17.8 Å². The first-order chi connectivity index (χ1) is 16.9. The van der Waals surface area contributed by atoms with Gasteiger partial charge in [0.05, 0.1) is 31.3 Å².